The number of carbonyl (C=O) groups is 1. The number of ether oxygens (including phenoxy) is 1. The van der Waals surface area contributed by atoms with E-state index in [4.69, 9.17) is 4.74 Å². The minimum atomic E-state index is -0.0539. The van der Waals surface area contributed by atoms with E-state index in [0.717, 1.165) is 19.4 Å². The minimum Gasteiger partial charge on any atom is -0.480 e. The second kappa shape index (κ2) is 4.33. The standard InChI is InChI=1S/C10H15N3O2/c1-2-13-6-9(5-11-13)15-7-10(14)12-8-3-4-8/h5-6,8H,2-4,7H2,1H3,(H,12,14). The maximum atomic E-state index is 11.3. The average molecular weight is 209 g/mol. The fraction of sp³-hybridized carbons (Fsp3) is 0.600. The quantitative estimate of drug-likeness (QED) is 0.771. The van der Waals surface area contributed by atoms with Crippen LogP contribution >= 0.6 is 0 Å². The number of rotatable bonds is 5. The number of nitrogens with one attached hydrogen (secondary N) is 1. The molecule has 1 aliphatic carbocycles. The van der Waals surface area contributed by atoms with Gasteiger partial charge in [0.1, 0.15) is 0 Å². The molecular weight excluding hydrogens is 194 g/mol. The molecule has 1 aromatic heterocycles. The molecule has 1 heterocycles. The molecule has 0 spiro atoms. The zero-order valence-electron chi connectivity index (χ0n) is 8.77. The normalized spacial score (nSPS) is 15.0. The summed E-state index contributed by atoms with van der Waals surface area (Å²) in [5.41, 5.74) is 0. The number of hydrogen-bond donors (Lipinski definition) is 1. The summed E-state index contributed by atoms with van der Waals surface area (Å²) in [6.45, 7) is 2.88. The highest BCUT2D eigenvalue weighted by molar-refractivity contribution is 5.78. The molecule has 82 valence electrons. The number of hydrogen-bond acceptors (Lipinski definition) is 3. The lowest BCUT2D eigenvalue weighted by molar-refractivity contribution is -0.123. The van der Waals surface area contributed by atoms with E-state index in [1.807, 2.05) is 6.92 Å². The van der Waals surface area contributed by atoms with Crippen LogP contribution in [0.5, 0.6) is 5.75 Å². The van der Waals surface area contributed by atoms with Crippen molar-refractivity contribution in [3.63, 3.8) is 0 Å². The Morgan fingerprint density at radius 2 is 2.53 bits per heavy atom. The second-order valence-corrected chi connectivity index (χ2v) is 3.66. The van der Waals surface area contributed by atoms with Crippen molar-refractivity contribution in [3.05, 3.63) is 12.4 Å². The first-order chi connectivity index (χ1) is 7.28. The Hall–Kier alpha value is -1.52. The molecule has 0 aliphatic heterocycles. The summed E-state index contributed by atoms with van der Waals surface area (Å²) >= 11 is 0. The summed E-state index contributed by atoms with van der Waals surface area (Å²) in [6, 6.07) is 0.388. The monoisotopic (exact) mass is 209 g/mol. The minimum absolute atomic E-state index is 0.0539. The van der Waals surface area contributed by atoms with E-state index in [1.165, 1.54) is 0 Å². The van der Waals surface area contributed by atoms with Crippen LogP contribution < -0.4 is 10.1 Å². The Morgan fingerprint density at radius 1 is 1.73 bits per heavy atom. The smallest absolute Gasteiger partial charge is 0.258 e. The highest BCUT2D eigenvalue weighted by atomic mass is 16.5. The molecule has 5 nitrogen and oxygen atoms in total. The van der Waals surface area contributed by atoms with E-state index in [2.05, 4.69) is 10.4 Å². The van der Waals surface area contributed by atoms with E-state index in [-0.39, 0.29) is 12.5 Å². The summed E-state index contributed by atoms with van der Waals surface area (Å²) < 4.78 is 7.04. The molecule has 1 aliphatic rings. The fourth-order valence-corrected chi connectivity index (χ4v) is 1.24. The largest absolute Gasteiger partial charge is 0.480 e. The van der Waals surface area contributed by atoms with Gasteiger partial charge in [-0.25, -0.2) is 0 Å². The Bertz CT molecular complexity index is 344. The van der Waals surface area contributed by atoms with Crippen molar-refractivity contribution in [2.24, 2.45) is 0 Å². The van der Waals surface area contributed by atoms with E-state index in [9.17, 15) is 4.79 Å². The Kier molecular flexibility index (Phi) is 2.89. The van der Waals surface area contributed by atoms with E-state index >= 15 is 0 Å². The Labute approximate surface area is 88.4 Å². The average Bonchev–Trinajstić information content (AvgIpc) is 2.92. The third-order valence-corrected chi connectivity index (χ3v) is 2.25. The predicted octanol–water partition coefficient (Wildman–Crippen LogP) is 0.560. The number of aryl methyl sites for hydroxylation is 1. The van der Waals surface area contributed by atoms with Crippen LogP contribution in [0.25, 0.3) is 0 Å². The molecule has 1 aromatic rings. The number of amides is 1. The lowest BCUT2D eigenvalue weighted by Gasteiger charge is -2.03. The second-order valence-electron chi connectivity index (χ2n) is 3.66. The van der Waals surface area contributed by atoms with Gasteiger partial charge in [0.25, 0.3) is 5.91 Å². The van der Waals surface area contributed by atoms with Crippen molar-refractivity contribution in [1.29, 1.82) is 0 Å². The zero-order valence-corrected chi connectivity index (χ0v) is 8.77. The van der Waals surface area contributed by atoms with Crippen molar-refractivity contribution in [3.8, 4) is 5.75 Å². The van der Waals surface area contributed by atoms with Gasteiger partial charge < -0.3 is 10.1 Å². The molecule has 15 heavy (non-hydrogen) atoms. The van der Waals surface area contributed by atoms with E-state index in [1.54, 1.807) is 17.1 Å². The zero-order chi connectivity index (χ0) is 10.7. The molecule has 5 heteroatoms. The van der Waals surface area contributed by atoms with Crippen LogP contribution in [0, 0.1) is 0 Å². The highest BCUT2D eigenvalue weighted by Gasteiger charge is 2.23. The van der Waals surface area contributed by atoms with Crippen LogP contribution in [0.1, 0.15) is 19.8 Å². The van der Waals surface area contributed by atoms with Gasteiger partial charge in [-0.05, 0) is 19.8 Å². The van der Waals surface area contributed by atoms with Crippen LogP contribution in [-0.2, 0) is 11.3 Å². The third kappa shape index (κ3) is 2.97. The van der Waals surface area contributed by atoms with E-state index in [0.29, 0.717) is 11.8 Å². The van der Waals surface area contributed by atoms with Gasteiger partial charge in [-0.3, -0.25) is 9.48 Å². The van der Waals surface area contributed by atoms with Crippen molar-refractivity contribution < 1.29 is 9.53 Å². The predicted molar refractivity (Wildman–Crippen MR) is 54.6 cm³/mol. The maximum Gasteiger partial charge on any atom is 0.258 e. The highest BCUT2D eigenvalue weighted by Crippen LogP contribution is 2.18. The van der Waals surface area contributed by atoms with Crippen LogP contribution in [0.4, 0.5) is 0 Å². The molecule has 2 rings (SSSR count). The summed E-state index contributed by atoms with van der Waals surface area (Å²) in [7, 11) is 0. The first kappa shape index (κ1) is 10.0. The molecule has 1 amide bonds. The van der Waals surface area contributed by atoms with Crippen LogP contribution in [0.15, 0.2) is 12.4 Å². The van der Waals surface area contributed by atoms with Gasteiger partial charge in [0, 0.05) is 12.6 Å². The van der Waals surface area contributed by atoms with Crippen molar-refractivity contribution in [2.45, 2.75) is 32.4 Å². The fourth-order valence-electron chi connectivity index (χ4n) is 1.24. The van der Waals surface area contributed by atoms with E-state index < -0.39 is 0 Å². The van der Waals surface area contributed by atoms with Gasteiger partial charge in [0.15, 0.2) is 12.4 Å². The van der Waals surface area contributed by atoms with Crippen LogP contribution in [0.3, 0.4) is 0 Å². The summed E-state index contributed by atoms with van der Waals surface area (Å²) in [6.07, 6.45) is 5.59. The number of nitrogens with zero attached hydrogens (tertiary/aromatic N) is 2. The Balaban J connectivity index is 1.73. The molecule has 0 atom stereocenters. The molecule has 0 unspecified atom stereocenters. The lowest BCUT2D eigenvalue weighted by Crippen LogP contribution is -2.30. The van der Waals surface area contributed by atoms with Gasteiger partial charge >= 0.3 is 0 Å². The Morgan fingerprint density at radius 3 is 3.13 bits per heavy atom. The van der Waals surface area contributed by atoms with Gasteiger partial charge in [0.05, 0.1) is 12.4 Å². The SMILES string of the molecule is CCn1cc(OCC(=O)NC2CC2)cn1. The third-order valence-electron chi connectivity index (χ3n) is 2.25. The molecule has 0 aromatic carbocycles. The van der Waals surface area contributed by atoms with Gasteiger partial charge in [0.2, 0.25) is 0 Å². The summed E-state index contributed by atoms with van der Waals surface area (Å²) in [4.78, 5) is 11.3. The van der Waals surface area contributed by atoms with Crippen molar-refractivity contribution in [2.75, 3.05) is 6.61 Å². The first-order valence-corrected chi connectivity index (χ1v) is 5.22. The molecule has 1 saturated carbocycles. The van der Waals surface area contributed by atoms with Gasteiger partial charge in [-0.2, -0.15) is 5.10 Å². The molecule has 1 N–H and O–H groups in total. The summed E-state index contributed by atoms with van der Waals surface area (Å²) in [5.74, 6) is 0.588. The van der Waals surface area contributed by atoms with Crippen LogP contribution in [0.2, 0.25) is 0 Å². The van der Waals surface area contributed by atoms with Gasteiger partial charge in [-0.1, -0.05) is 0 Å². The molecular formula is C10H15N3O2. The first-order valence-electron chi connectivity index (χ1n) is 5.22. The number of carbonyl (C=O) groups excluding carboxylic acids is 1. The molecule has 0 saturated heterocycles. The van der Waals surface area contributed by atoms with Crippen LogP contribution in [-0.4, -0.2) is 28.3 Å². The van der Waals surface area contributed by atoms with Crippen molar-refractivity contribution in [1.82, 2.24) is 15.1 Å². The topological polar surface area (TPSA) is 56.1 Å². The number of aromatic nitrogens is 2. The lowest BCUT2D eigenvalue weighted by atomic mass is 10.5. The van der Waals surface area contributed by atoms with Gasteiger partial charge in [-0.15, -0.1) is 0 Å². The molecule has 0 bridgehead atoms. The molecule has 1 fully saturated rings. The van der Waals surface area contributed by atoms with Crippen molar-refractivity contribution >= 4 is 5.91 Å². The maximum absolute atomic E-state index is 11.3. The summed E-state index contributed by atoms with van der Waals surface area (Å²) in [5, 5.41) is 6.90. The molecule has 0 radical (unpaired) electrons.